The van der Waals surface area contributed by atoms with Gasteiger partial charge in [0.05, 0.1) is 0 Å². The fraction of sp³-hybridized carbons (Fsp3) is 0.412. The summed E-state index contributed by atoms with van der Waals surface area (Å²) < 4.78 is 6.11. The van der Waals surface area contributed by atoms with Crippen LogP contribution >= 0.6 is 11.3 Å². The normalized spacial score (nSPS) is 17.6. The number of thiophene rings is 1. The Morgan fingerprint density at radius 2 is 2.15 bits per heavy atom. The van der Waals surface area contributed by atoms with Gasteiger partial charge in [-0.1, -0.05) is 24.3 Å². The summed E-state index contributed by atoms with van der Waals surface area (Å²) in [6.45, 7) is 7.36. The van der Waals surface area contributed by atoms with Gasteiger partial charge in [-0.2, -0.15) is 0 Å². The summed E-state index contributed by atoms with van der Waals surface area (Å²) in [5.74, 6) is 1.09. The zero-order chi connectivity index (χ0) is 14.2. The molecule has 0 saturated carbocycles. The van der Waals surface area contributed by atoms with Crippen molar-refractivity contribution in [3.63, 3.8) is 0 Å². The Balaban J connectivity index is 1.72. The number of ether oxygens (including phenoxy) is 1. The fourth-order valence-electron chi connectivity index (χ4n) is 2.72. The van der Waals surface area contributed by atoms with E-state index in [1.54, 1.807) is 11.3 Å². The topological polar surface area (TPSA) is 21.3 Å². The summed E-state index contributed by atoms with van der Waals surface area (Å²) in [7, 11) is 0. The Morgan fingerprint density at radius 1 is 1.30 bits per heavy atom. The van der Waals surface area contributed by atoms with Crippen LogP contribution in [0.1, 0.15) is 42.8 Å². The Bertz CT molecular complexity index is 589. The van der Waals surface area contributed by atoms with Crippen LogP contribution in [0.2, 0.25) is 0 Å². The van der Waals surface area contributed by atoms with Gasteiger partial charge in [0.1, 0.15) is 11.4 Å². The molecule has 1 aliphatic rings. The Kier molecular flexibility index (Phi) is 3.57. The summed E-state index contributed by atoms with van der Waals surface area (Å²) in [6.07, 6.45) is 0.997. The van der Waals surface area contributed by atoms with E-state index in [9.17, 15) is 0 Å². The molecule has 1 aromatic heterocycles. The van der Waals surface area contributed by atoms with Crippen LogP contribution in [0.25, 0.3) is 0 Å². The molecular formula is C17H21NOS. The first-order valence-corrected chi connectivity index (χ1v) is 8.00. The lowest BCUT2D eigenvalue weighted by molar-refractivity contribution is 0.137. The molecule has 2 heterocycles. The van der Waals surface area contributed by atoms with Gasteiger partial charge < -0.3 is 10.1 Å². The molecule has 0 fully saturated rings. The maximum atomic E-state index is 6.11. The first-order valence-electron chi connectivity index (χ1n) is 7.12. The van der Waals surface area contributed by atoms with E-state index in [0.717, 1.165) is 18.7 Å². The number of benzene rings is 1. The monoisotopic (exact) mass is 287 g/mol. The standard InChI is InChI=1S/C17H21NOS/c1-12(15-8-5-9-20-15)18-11-14-7-4-6-13-10-17(2,3)19-16(13)14/h4-9,12,18H,10-11H2,1-3H3. The average molecular weight is 287 g/mol. The molecule has 0 bridgehead atoms. The van der Waals surface area contributed by atoms with E-state index >= 15 is 0 Å². The highest BCUT2D eigenvalue weighted by Crippen LogP contribution is 2.37. The molecule has 1 N–H and O–H groups in total. The molecule has 0 radical (unpaired) electrons. The Morgan fingerprint density at radius 3 is 2.90 bits per heavy atom. The third-order valence-corrected chi connectivity index (χ3v) is 4.80. The van der Waals surface area contributed by atoms with Crippen LogP contribution in [0.5, 0.6) is 5.75 Å². The predicted molar refractivity (Wildman–Crippen MR) is 84.4 cm³/mol. The molecule has 0 aliphatic carbocycles. The third-order valence-electron chi connectivity index (χ3n) is 3.74. The lowest BCUT2D eigenvalue weighted by atomic mass is 10.0. The van der Waals surface area contributed by atoms with E-state index in [1.165, 1.54) is 16.0 Å². The second-order valence-corrected chi connectivity index (χ2v) is 7.04. The lowest BCUT2D eigenvalue weighted by Gasteiger charge is -2.19. The number of hydrogen-bond donors (Lipinski definition) is 1. The summed E-state index contributed by atoms with van der Waals surface area (Å²) in [5.41, 5.74) is 2.52. The zero-order valence-corrected chi connectivity index (χ0v) is 13.1. The summed E-state index contributed by atoms with van der Waals surface area (Å²) in [6, 6.07) is 11.1. The fourth-order valence-corrected chi connectivity index (χ4v) is 3.48. The molecule has 1 aliphatic heterocycles. The van der Waals surface area contributed by atoms with Gasteiger partial charge in [0, 0.05) is 29.4 Å². The van der Waals surface area contributed by atoms with E-state index in [4.69, 9.17) is 4.74 Å². The van der Waals surface area contributed by atoms with Crippen molar-refractivity contribution in [1.29, 1.82) is 0 Å². The maximum absolute atomic E-state index is 6.11. The minimum Gasteiger partial charge on any atom is -0.487 e. The van der Waals surface area contributed by atoms with Crippen LogP contribution in [-0.4, -0.2) is 5.60 Å². The van der Waals surface area contributed by atoms with Crippen molar-refractivity contribution >= 4 is 11.3 Å². The maximum Gasteiger partial charge on any atom is 0.127 e. The first-order chi connectivity index (χ1) is 9.55. The number of rotatable bonds is 4. The van der Waals surface area contributed by atoms with Gasteiger partial charge in [-0.05, 0) is 37.8 Å². The van der Waals surface area contributed by atoms with Crippen LogP contribution in [0.15, 0.2) is 35.7 Å². The van der Waals surface area contributed by atoms with Gasteiger partial charge in [0.25, 0.3) is 0 Å². The van der Waals surface area contributed by atoms with Crippen molar-refractivity contribution < 1.29 is 4.74 Å². The molecule has 0 amide bonds. The van der Waals surface area contributed by atoms with Crippen LogP contribution in [0.4, 0.5) is 0 Å². The van der Waals surface area contributed by atoms with Crippen molar-refractivity contribution in [2.75, 3.05) is 0 Å². The molecule has 2 aromatic rings. The van der Waals surface area contributed by atoms with Crippen molar-refractivity contribution in [3.8, 4) is 5.75 Å². The van der Waals surface area contributed by atoms with Crippen molar-refractivity contribution in [2.45, 2.75) is 45.4 Å². The predicted octanol–water partition coefficient (Wildman–Crippen LogP) is 4.31. The minimum absolute atomic E-state index is 0.0716. The molecule has 3 heteroatoms. The van der Waals surface area contributed by atoms with Crippen molar-refractivity contribution in [2.24, 2.45) is 0 Å². The zero-order valence-electron chi connectivity index (χ0n) is 12.3. The Hall–Kier alpha value is -1.32. The smallest absolute Gasteiger partial charge is 0.127 e. The summed E-state index contributed by atoms with van der Waals surface area (Å²) >= 11 is 1.80. The summed E-state index contributed by atoms with van der Waals surface area (Å²) in [5, 5.41) is 5.71. The van der Waals surface area contributed by atoms with Crippen LogP contribution in [0.3, 0.4) is 0 Å². The van der Waals surface area contributed by atoms with Gasteiger partial charge in [0.15, 0.2) is 0 Å². The molecule has 1 atom stereocenters. The van der Waals surface area contributed by atoms with Crippen LogP contribution in [-0.2, 0) is 13.0 Å². The molecule has 106 valence electrons. The minimum atomic E-state index is -0.0716. The average Bonchev–Trinajstić information content (AvgIpc) is 3.01. The van der Waals surface area contributed by atoms with Gasteiger partial charge >= 0.3 is 0 Å². The highest BCUT2D eigenvalue weighted by molar-refractivity contribution is 7.10. The molecule has 2 nitrogen and oxygen atoms in total. The molecule has 20 heavy (non-hydrogen) atoms. The van der Waals surface area contributed by atoms with E-state index in [-0.39, 0.29) is 5.60 Å². The van der Waals surface area contributed by atoms with Crippen LogP contribution in [0, 0.1) is 0 Å². The molecule has 3 rings (SSSR count). The van der Waals surface area contributed by atoms with E-state index in [1.807, 2.05) is 0 Å². The lowest BCUT2D eigenvalue weighted by Crippen LogP contribution is -2.25. The van der Waals surface area contributed by atoms with E-state index in [2.05, 4.69) is 61.8 Å². The second kappa shape index (κ2) is 5.23. The van der Waals surface area contributed by atoms with E-state index in [0.29, 0.717) is 6.04 Å². The largest absolute Gasteiger partial charge is 0.487 e. The SMILES string of the molecule is CC(NCc1cccc2c1OC(C)(C)C2)c1cccs1. The number of fused-ring (bicyclic) bond motifs is 1. The molecule has 1 aromatic carbocycles. The number of nitrogens with one attached hydrogen (secondary N) is 1. The first kappa shape index (κ1) is 13.7. The van der Waals surface area contributed by atoms with Gasteiger partial charge in [-0.15, -0.1) is 11.3 Å². The van der Waals surface area contributed by atoms with Gasteiger partial charge in [-0.25, -0.2) is 0 Å². The molecule has 0 spiro atoms. The molecular weight excluding hydrogens is 266 g/mol. The van der Waals surface area contributed by atoms with Crippen LogP contribution < -0.4 is 10.1 Å². The highest BCUT2D eigenvalue weighted by atomic mass is 32.1. The van der Waals surface area contributed by atoms with Gasteiger partial charge in [-0.3, -0.25) is 0 Å². The second-order valence-electron chi connectivity index (χ2n) is 6.06. The number of para-hydroxylation sites is 1. The molecule has 1 unspecified atom stereocenters. The molecule has 0 saturated heterocycles. The summed E-state index contributed by atoms with van der Waals surface area (Å²) in [4.78, 5) is 1.37. The quantitative estimate of drug-likeness (QED) is 0.904. The van der Waals surface area contributed by atoms with Crippen molar-refractivity contribution in [1.82, 2.24) is 5.32 Å². The number of hydrogen-bond acceptors (Lipinski definition) is 3. The highest BCUT2D eigenvalue weighted by Gasteiger charge is 2.31. The third kappa shape index (κ3) is 2.74. The van der Waals surface area contributed by atoms with Crippen molar-refractivity contribution in [3.05, 3.63) is 51.7 Å². The van der Waals surface area contributed by atoms with E-state index < -0.39 is 0 Å². The Labute approximate surface area is 124 Å². The van der Waals surface area contributed by atoms with Gasteiger partial charge in [0.2, 0.25) is 0 Å².